The van der Waals surface area contributed by atoms with E-state index in [1.54, 1.807) is 15.2 Å². The van der Waals surface area contributed by atoms with Crippen molar-refractivity contribution in [2.75, 3.05) is 11.4 Å². The molecule has 0 saturated carbocycles. The van der Waals surface area contributed by atoms with Crippen LogP contribution in [-0.2, 0) is 0 Å². The highest BCUT2D eigenvalue weighted by molar-refractivity contribution is 6.09. The quantitative estimate of drug-likeness (QED) is 0.0980. The van der Waals surface area contributed by atoms with Crippen molar-refractivity contribution in [2.24, 2.45) is 0 Å². The molecule has 8 heteroatoms. The van der Waals surface area contributed by atoms with E-state index in [2.05, 4.69) is 182 Å². The maximum atomic E-state index is 14.9. The smallest absolute Gasteiger partial charge is 0.337 e. The van der Waals surface area contributed by atoms with Crippen LogP contribution >= 0.6 is 0 Å². The third-order valence-corrected chi connectivity index (χ3v) is 14.7. The van der Waals surface area contributed by atoms with Crippen LogP contribution in [0.5, 0.6) is 0 Å². The van der Waals surface area contributed by atoms with E-state index in [4.69, 9.17) is 0 Å². The Bertz CT molecular complexity index is 4250. The number of anilines is 1. The highest BCUT2D eigenvalue weighted by Crippen LogP contribution is 2.37. The van der Waals surface area contributed by atoms with Crippen LogP contribution in [-0.4, -0.2) is 41.2 Å². The Balaban J connectivity index is 0.876. The van der Waals surface area contributed by atoms with Crippen LogP contribution in [0.2, 0.25) is 0 Å². The molecule has 10 aromatic rings. The summed E-state index contributed by atoms with van der Waals surface area (Å²) in [5.74, 6) is 0. The molecule has 0 aliphatic carbocycles. The van der Waals surface area contributed by atoms with Gasteiger partial charge in [-0.05, 0) is 140 Å². The van der Waals surface area contributed by atoms with Crippen molar-refractivity contribution in [1.29, 1.82) is 0 Å². The summed E-state index contributed by atoms with van der Waals surface area (Å²) < 4.78 is 8.01. The average Bonchev–Trinajstić information content (AvgIpc) is 4.41. The van der Waals surface area contributed by atoms with Gasteiger partial charge in [-0.15, -0.1) is 0 Å². The van der Waals surface area contributed by atoms with Crippen molar-refractivity contribution in [2.45, 2.75) is 33.5 Å². The SMILES string of the molecule is C=C/C=C(\C=C\n1c(=O)n(-c2cccc(N3/C(=C/C=C\CC)CN(C(=C)/C=C\C=C(/C)c4cccc(-n5c6ccccc6c6ccccc65)c4)C3O)c2)c2ccccc21)c1cccc(-n2c(/C=C\C)c(C=C)c3ccccc32)c1. The Labute approximate surface area is 461 Å². The summed E-state index contributed by atoms with van der Waals surface area (Å²) in [6.45, 7) is 19.3. The zero-order valence-electron chi connectivity index (χ0n) is 44.8. The number of allylic oxidation sites excluding steroid dienone is 12. The number of aliphatic hydroxyl groups is 1. The van der Waals surface area contributed by atoms with Crippen LogP contribution in [0.4, 0.5) is 5.69 Å². The topological polar surface area (TPSA) is 63.5 Å². The van der Waals surface area contributed by atoms with Gasteiger partial charge in [0.05, 0.1) is 45.5 Å². The van der Waals surface area contributed by atoms with Crippen LogP contribution in [0.3, 0.4) is 0 Å². The first-order valence-electron chi connectivity index (χ1n) is 26.8. The van der Waals surface area contributed by atoms with E-state index in [0.29, 0.717) is 17.9 Å². The molecule has 0 bridgehead atoms. The Morgan fingerprint density at radius 2 is 1.22 bits per heavy atom. The lowest BCUT2D eigenvalue weighted by Crippen LogP contribution is -2.37. The predicted molar refractivity (Wildman–Crippen MR) is 335 cm³/mol. The molecule has 1 unspecified atom stereocenters. The number of aliphatic hydroxyl groups excluding tert-OH is 1. The van der Waals surface area contributed by atoms with Gasteiger partial charge < -0.3 is 19.1 Å². The fourth-order valence-electron chi connectivity index (χ4n) is 11.0. The summed E-state index contributed by atoms with van der Waals surface area (Å²) in [7, 11) is 0. The number of benzene rings is 7. The lowest BCUT2D eigenvalue weighted by molar-refractivity contribution is 0.0676. The zero-order valence-corrected chi connectivity index (χ0v) is 44.8. The normalized spacial score (nSPS) is 15.1. The molecule has 4 heterocycles. The molecule has 8 nitrogen and oxygen atoms in total. The first-order valence-corrected chi connectivity index (χ1v) is 26.8. The van der Waals surface area contributed by atoms with E-state index in [9.17, 15) is 9.90 Å². The van der Waals surface area contributed by atoms with Gasteiger partial charge in [0.15, 0.2) is 0 Å². The number of hydrogen-bond donors (Lipinski definition) is 1. The molecular formula is C71H62N6O2. The van der Waals surface area contributed by atoms with Crippen molar-refractivity contribution < 1.29 is 5.11 Å². The van der Waals surface area contributed by atoms with E-state index >= 15 is 0 Å². The summed E-state index contributed by atoms with van der Waals surface area (Å²) in [6.07, 6.45) is 25.6. The van der Waals surface area contributed by atoms with Gasteiger partial charge in [0, 0.05) is 56.4 Å². The number of fused-ring (bicyclic) bond motifs is 5. The first kappa shape index (κ1) is 51.2. The van der Waals surface area contributed by atoms with Gasteiger partial charge in [-0.25, -0.2) is 4.79 Å². The summed E-state index contributed by atoms with van der Waals surface area (Å²) in [6, 6.07) is 58.1. The molecule has 1 saturated heterocycles. The maximum absolute atomic E-state index is 14.9. The van der Waals surface area contributed by atoms with Crippen LogP contribution in [0.25, 0.3) is 90.3 Å². The summed E-state index contributed by atoms with van der Waals surface area (Å²) in [5.41, 5.74) is 15.8. The molecule has 388 valence electrons. The van der Waals surface area contributed by atoms with E-state index in [1.807, 2.05) is 120 Å². The fraction of sp³-hybridized carbons (Fsp3) is 0.0845. The standard InChI is InChI=1S/C71H62N6O2/c1-7-11-12-31-59-49-73(51(6)28-21-27-50(5)53-29-22-32-55(46-53)76-66-40-17-14-37-62(66)63-38-15-18-41-67(63)76)71(79)74(59)57-34-24-35-58(48-57)77-69-43-20-19-42-68(69)72(70(77)78)45-44-52(25-8-2)54-30-23-33-56(47-54)75-64(26-9-3)60(10-4)61-36-13-16-39-65(61)75/h8-48,71,79H,2,4,6-7,49H2,1,3,5H3/b12-11-,26-9-,28-21-,45-44+,50-27+,52-25+,59-31+. The van der Waals surface area contributed by atoms with E-state index in [1.165, 1.54) is 21.8 Å². The number of imidazole rings is 1. The van der Waals surface area contributed by atoms with Gasteiger partial charge in [-0.1, -0.05) is 172 Å². The Kier molecular flexibility index (Phi) is 14.5. The molecule has 1 fully saturated rings. The lowest BCUT2D eigenvalue weighted by atomic mass is 10.0. The molecular weight excluding hydrogens is 969 g/mol. The van der Waals surface area contributed by atoms with Crippen molar-refractivity contribution in [1.82, 2.24) is 23.2 Å². The van der Waals surface area contributed by atoms with Gasteiger partial charge in [-0.3, -0.25) is 14.0 Å². The Morgan fingerprint density at radius 3 is 1.89 bits per heavy atom. The van der Waals surface area contributed by atoms with Crippen LogP contribution in [0, 0.1) is 0 Å². The second-order valence-electron chi connectivity index (χ2n) is 19.5. The first-order chi connectivity index (χ1) is 38.7. The molecule has 3 aromatic heterocycles. The molecule has 1 atom stereocenters. The zero-order chi connectivity index (χ0) is 54.6. The van der Waals surface area contributed by atoms with Gasteiger partial charge in [-0.2, -0.15) is 0 Å². The molecule has 11 rings (SSSR count). The number of nitrogens with zero attached hydrogens (tertiary/aromatic N) is 6. The third kappa shape index (κ3) is 9.60. The highest BCUT2D eigenvalue weighted by Gasteiger charge is 2.35. The monoisotopic (exact) mass is 1030 g/mol. The molecule has 0 radical (unpaired) electrons. The highest BCUT2D eigenvalue weighted by atomic mass is 16.3. The van der Waals surface area contributed by atoms with Crippen molar-refractivity contribution in [3.8, 4) is 17.1 Å². The molecule has 7 aromatic carbocycles. The molecule has 79 heavy (non-hydrogen) atoms. The summed E-state index contributed by atoms with van der Waals surface area (Å²) in [4.78, 5) is 18.7. The number of aromatic nitrogens is 4. The van der Waals surface area contributed by atoms with E-state index in [0.717, 1.165) is 84.6 Å². The summed E-state index contributed by atoms with van der Waals surface area (Å²) >= 11 is 0. The van der Waals surface area contributed by atoms with Crippen LogP contribution in [0.15, 0.2) is 267 Å². The van der Waals surface area contributed by atoms with Crippen molar-refractivity contribution in [3.63, 3.8) is 0 Å². The third-order valence-electron chi connectivity index (χ3n) is 14.7. The van der Waals surface area contributed by atoms with Crippen LogP contribution < -0.4 is 10.6 Å². The molecule has 1 aliphatic heterocycles. The van der Waals surface area contributed by atoms with Crippen molar-refractivity contribution in [3.05, 3.63) is 295 Å². The van der Waals surface area contributed by atoms with Crippen LogP contribution in [0.1, 0.15) is 49.6 Å². The van der Waals surface area contributed by atoms with Gasteiger partial charge in [0.1, 0.15) is 0 Å². The van der Waals surface area contributed by atoms with Gasteiger partial charge >= 0.3 is 5.69 Å². The summed E-state index contributed by atoms with van der Waals surface area (Å²) in [5, 5.41) is 15.8. The Hall–Kier alpha value is -9.89. The average molecular weight is 1030 g/mol. The van der Waals surface area contributed by atoms with Crippen molar-refractivity contribution >= 4 is 78.9 Å². The maximum Gasteiger partial charge on any atom is 0.337 e. The minimum atomic E-state index is -1.08. The number of para-hydroxylation sites is 5. The second kappa shape index (κ2) is 22.4. The minimum Gasteiger partial charge on any atom is -0.356 e. The van der Waals surface area contributed by atoms with Gasteiger partial charge in [0.2, 0.25) is 6.35 Å². The largest absolute Gasteiger partial charge is 0.356 e. The molecule has 0 amide bonds. The fourth-order valence-corrected chi connectivity index (χ4v) is 11.0. The Morgan fingerprint density at radius 1 is 0.633 bits per heavy atom. The molecule has 1 aliphatic rings. The molecule has 0 spiro atoms. The lowest BCUT2D eigenvalue weighted by Gasteiger charge is -2.28. The second-order valence-corrected chi connectivity index (χ2v) is 19.5. The minimum absolute atomic E-state index is 0.237. The predicted octanol–water partition coefficient (Wildman–Crippen LogP) is 16.7. The number of rotatable bonds is 16. The molecule has 1 N–H and O–H groups in total. The van der Waals surface area contributed by atoms with E-state index in [-0.39, 0.29) is 5.69 Å². The van der Waals surface area contributed by atoms with Gasteiger partial charge in [0.25, 0.3) is 0 Å². The number of hydrogen-bond acceptors (Lipinski definition) is 4. The van der Waals surface area contributed by atoms with E-state index < -0.39 is 6.35 Å².